The normalized spacial score (nSPS) is 16.4. The molecule has 0 fully saturated rings. The molecule has 0 heterocycles. The molecule has 0 radical (unpaired) electrons. The van der Waals surface area contributed by atoms with E-state index in [0.717, 1.165) is 10.5 Å². The molecular formula is C5H20O2Si4. The molecule has 0 aliphatic heterocycles. The van der Waals surface area contributed by atoms with E-state index in [1.807, 2.05) is 0 Å². The maximum atomic E-state index is 5.88. The van der Waals surface area contributed by atoms with Gasteiger partial charge in [0, 0.05) is 0 Å². The van der Waals surface area contributed by atoms with E-state index >= 15 is 0 Å². The van der Waals surface area contributed by atoms with Crippen LogP contribution in [0, 0.1) is 0 Å². The Balaban J connectivity index is 3.52. The summed E-state index contributed by atoms with van der Waals surface area (Å²) in [7, 11) is -1.42. The Hall–Kier alpha value is 0.788. The van der Waals surface area contributed by atoms with Crippen LogP contribution in [0.4, 0.5) is 0 Å². The van der Waals surface area contributed by atoms with Crippen molar-refractivity contribution in [1.29, 1.82) is 0 Å². The summed E-state index contributed by atoms with van der Waals surface area (Å²) in [5.41, 5.74) is 0. The van der Waals surface area contributed by atoms with Gasteiger partial charge in [0.25, 0.3) is 0 Å². The first-order valence-electron chi connectivity index (χ1n) is 4.18. The second-order valence-electron chi connectivity index (χ2n) is 3.49. The van der Waals surface area contributed by atoms with Crippen LogP contribution in [0.3, 0.4) is 0 Å². The third kappa shape index (κ3) is 6.00. The van der Waals surface area contributed by atoms with Crippen LogP contribution in [0.5, 0.6) is 0 Å². The highest BCUT2D eigenvalue weighted by atomic mass is 29.2. The van der Waals surface area contributed by atoms with Gasteiger partial charge in [0.2, 0.25) is 0 Å². The molecule has 0 saturated heterocycles. The number of rotatable bonds is 5. The zero-order chi connectivity index (χ0) is 8.91. The molecule has 11 heavy (non-hydrogen) atoms. The molecule has 0 rings (SSSR count). The van der Waals surface area contributed by atoms with Crippen molar-refractivity contribution < 1.29 is 8.23 Å². The standard InChI is InChI=1S/C5H20O2Si4/c1-5-10(2)7-9-11(3,4)6-8/h10H,5,9H2,1-4,8H3. The van der Waals surface area contributed by atoms with Gasteiger partial charge in [-0.25, -0.2) is 0 Å². The third-order valence-corrected chi connectivity index (χ3v) is 17.2. The van der Waals surface area contributed by atoms with Crippen LogP contribution in [0.15, 0.2) is 0 Å². The van der Waals surface area contributed by atoms with Crippen molar-refractivity contribution in [1.82, 2.24) is 0 Å². The second-order valence-corrected chi connectivity index (χ2v) is 18.7. The van der Waals surface area contributed by atoms with Crippen molar-refractivity contribution in [3.8, 4) is 0 Å². The average molecular weight is 225 g/mol. The van der Waals surface area contributed by atoms with E-state index < -0.39 is 16.9 Å². The Labute approximate surface area is 77.8 Å². The van der Waals surface area contributed by atoms with Crippen LogP contribution >= 0.6 is 0 Å². The Morgan fingerprint density at radius 2 is 2.09 bits per heavy atom. The Bertz CT molecular complexity index is 109. The lowest BCUT2D eigenvalue weighted by molar-refractivity contribution is 0.591. The molecule has 0 bridgehead atoms. The lowest BCUT2D eigenvalue weighted by Gasteiger charge is -2.22. The SMILES string of the molecule is CC[SiH](C)O[SiH2][Si](C)(C)O[SiH3]. The van der Waals surface area contributed by atoms with Gasteiger partial charge in [-0.2, -0.15) is 0 Å². The summed E-state index contributed by atoms with van der Waals surface area (Å²) < 4.78 is 11.5. The van der Waals surface area contributed by atoms with Gasteiger partial charge in [-0.15, -0.1) is 0 Å². The van der Waals surface area contributed by atoms with Crippen LogP contribution in [0.1, 0.15) is 6.92 Å². The van der Waals surface area contributed by atoms with E-state index in [-0.39, 0.29) is 9.28 Å². The van der Waals surface area contributed by atoms with Crippen molar-refractivity contribution in [3.63, 3.8) is 0 Å². The zero-order valence-electron chi connectivity index (χ0n) is 8.31. The molecule has 0 aromatic carbocycles. The maximum absolute atomic E-state index is 5.88. The van der Waals surface area contributed by atoms with E-state index in [1.54, 1.807) is 0 Å². The van der Waals surface area contributed by atoms with Crippen LogP contribution in [0.25, 0.3) is 0 Å². The summed E-state index contributed by atoms with van der Waals surface area (Å²) in [5.74, 6) is 0. The minimum atomic E-state index is -1.24. The van der Waals surface area contributed by atoms with Crippen LogP contribution in [-0.4, -0.2) is 36.6 Å². The van der Waals surface area contributed by atoms with Gasteiger partial charge in [-0.05, 0) is 25.7 Å². The molecule has 0 aliphatic carbocycles. The Morgan fingerprint density at radius 1 is 1.55 bits per heavy atom. The highest BCUT2D eigenvalue weighted by molar-refractivity contribution is 7.19. The summed E-state index contributed by atoms with van der Waals surface area (Å²) in [6.07, 6.45) is 0. The fourth-order valence-electron chi connectivity index (χ4n) is 0.520. The van der Waals surface area contributed by atoms with E-state index in [0.29, 0.717) is 0 Å². The third-order valence-electron chi connectivity index (χ3n) is 1.84. The fourth-order valence-corrected chi connectivity index (χ4v) is 11.9. The summed E-state index contributed by atoms with van der Waals surface area (Å²) in [6, 6.07) is 1.26. The molecule has 6 heteroatoms. The fraction of sp³-hybridized carbons (Fsp3) is 1.00. The smallest absolute Gasteiger partial charge is 0.183 e. The molecule has 68 valence electrons. The van der Waals surface area contributed by atoms with Gasteiger partial charge in [0.15, 0.2) is 26.2 Å². The lowest BCUT2D eigenvalue weighted by atomic mass is 11.0. The number of hydrogen-bond acceptors (Lipinski definition) is 2. The molecule has 0 saturated carbocycles. The first kappa shape index (κ1) is 11.8. The van der Waals surface area contributed by atoms with Gasteiger partial charge in [-0.3, -0.25) is 0 Å². The molecule has 1 unspecified atom stereocenters. The van der Waals surface area contributed by atoms with E-state index in [2.05, 4.69) is 26.6 Å². The Morgan fingerprint density at radius 3 is 2.45 bits per heavy atom. The van der Waals surface area contributed by atoms with E-state index in [4.69, 9.17) is 8.23 Å². The molecule has 0 aromatic rings. The van der Waals surface area contributed by atoms with Crippen molar-refractivity contribution in [2.45, 2.75) is 32.6 Å². The van der Waals surface area contributed by atoms with E-state index in [1.165, 1.54) is 6.04 Å². The lowest BCUT2D eigenvalue weighted by Crippen LogP contribution is -2.41. The minimum absolute atomic E-state index is 0.306. The van der Waals surface area contributed by atoms with Gasteiger partial charge in [-0.1, -0.05) is 6.92 Å². The monoisotopic (exact) mass is 224 g/mol. The molecule has 0 spiro atoms. The molecule has 1 atom stereocenters. The summed E-state index contributed by atoms with van der Waals surface area (Å²) in [4.78, 5) is 0. The molecule has 0 aromatic heterocycles. The zero-order valence-corrected chi connectivity index (χ0v) is 13.9. The van der Waals surface area contributed by atoms with Crippen LogP contribution in [0.2, 0.25) is 25.7 Å². The van der Waals surface area contributed by atoms with Crippen LogP contribution < -0.4 is 0 Å². The van der Waals surface area contributed by atoms with Crippen molar-refractivity contribution in [2.24, 2.45) is 0 Å². The molecule has 0 N–H and O–H groups in total. The summed E-state index contributed by atoms with van der Waals surface area (Å²) >= 11 is 0. The van der Waals surface area contributed by atoms with Crippen molar-refractivity contribution in [2.75, 3.05) is 0 Å². The topological polar surface area (TPSA) is 18.5 Å². The largest absolute Gasteiger partial charge is 0.464 e. The quantitative estimate of drug-likeness (QED) is 0.584. The van der Waals surface area contributed by atoms with Crippen molar-refractivity contribution in [3.05, 3.63) is 0 Å². The molecule has 0 aliphatic rings. The highest BCUT2D eigenvalue weighted by Crippen LogP contribution is 2.01. The first-order valence-corrected chi connectivity index (χ1v) is 13.3. The van der Waals surface area contributed by atoms with Gasteiger partial charge < -0.3 is 8.23 Å². The first-order chi connectivity index (χ1) is 5.02. The summed E-state index contributed by atoms with van der Waals surface area (Å²) in [6.45, 7) is 9.07. The summed E-state index contributed by atoms with van der Waals surface area (Å²) in [5, 5.41) is 0. The molecule has 2 nitrogen and oxygen atoms in total. The average Bonchev–Trinajstić information content (AvgIpc) is 2.00. The molecule has 0 amide bonds. The maximum Gasteiger partial charge on any atom is 0.183 e. The van der Waals surface area contributed by atoms with Gasteiger partial charge in [0.05, 0.1) is 0 Å². The predicted octanol–water partition coefficient (Wildman–Crippen LogP) is -0.541. The van der Waals surface area contributed by atoms with Gasteiger partial charge >= 0.3 is 0 Å². The highest BCUT2D eigenvalue weighted by Gasteiger charge is 2.21. The van der Waals surface area contributed by atoms with E-state index in [9.17, 15) is 0 Å². The second kappa shape index (κ2) is 5.44. The van der Waals surface area contributed by atoms with Gasteiger partial charge in [0.1, 0.15) is 10.5 Å². The van der Waals surface area contributed by atoms with Crippen molar-refractivity contribution >= 4 is 36.6 Å². The number of hydrogen-bond donors (Lipinski definition) is 0. The molecular weight excluding hydrogens is 204 g/mol. The predicted molar refractivity (Wildman–Crippen MR) is 61.6 cm³/mol. The Kier molecular flexibility index (Phi) is 5.83. The van der Waals surface area contributed by atoms with Crippen LogP contribution in [-0.2, 0) is 8.23 Å². The minimum Gasteiger partial charge on any atom is -0.464 e.